The molecule has 2 aromatic rings. The maximum Gasteiger partial charge on any atom is 0.261 e. The number of hydrogen-bond donors (Lipinski definition) is 1. The molecule has 1 N–H and O–H groups in total. The molecule has 0 radical (unpaired) electrons. The van der Waals surface area contributed by atoms with Crippen molar-refractivity contribution >= 4 is 17.5 Å². The average molecular weight is 329 g/mol. The van der Waals surface area contributed by atoms with Crippen LogP contribution in [0.25, 0.3) is 0 Å². The zero-order chi connectivity index (χ0) is 16.8. The van der Waals surface area contributed by atoms with E-state index in [4.69, 9.17) is 21.6 Å². The van der Waals surface area contributed by atoms with Crippen molar-refractivity contribution < 1.29 is 9.53 Å². The first-order chi connectivity index (χ1) is 11.0. The summed E-state index contributed by atoms with van der Waals surface area (Å²) in [6.45, 7) is 3.56. The van der Waals surface area contributed by atoms with Crippen LogP contribution >= 0.6 is 11.6 Å². The van der Waals surface area contributed by atoms with Crippen molar-refractivity contribution in [1.82, 2.24) is 5.32 Å². The van der Waals surface area contributed by atoms with Crippen LogP contribution in [0.3, 0.4) is 0 Å². The summed E-state index contributed by atoms with van der Waals surface area (Å²) in [5.74, 6) is 0.264. The highest BCUT2D eigenvalue weighted by atomic mass is 35.5. The fraction of sp³-hybridized carbons (Fsp3) is 0.222. The van der Waals surface area contributed by atoms with Gasteiger partial charge < -0.3 is 10.1 Å². The summed E-state index contributed by atoms with van der Waals surface area (Å²) in [6, 6.07) is 15.9. The Morgan fingerprint density at radius 3 is 2.57 bits per heavy atom. The van der Waals surface area contributed by atoms with Crippen molar-refractivity contribution in [3.05, 3.63) is 64.7 Å². The predicted octanol–water partition coefficient (Wildman–Crippen LogP) is 3.86. The molecule has 23 heavy (non-hydrogen) atoms. The van der Waals surface area contributed by atoms with Crippen molar-refractivity contribution in [3.63, 3.8) is 0 Å². The van der Waals surface area contributed by atoms with Crippen LogP contribution in [0.1, 0.15) is 31.0 Å². The molecule has 0 fully saturated rings. The minimum Gasteiger partial charge on any atom is -0.481 e. The van der Waals surface area contributed by atoms with Gasteiger partial charge in [-0.25, -0.2) is 0 Å². The predicted molar refractivity (Wildman–Crippen MR) is 89.3 cm³/mol. The zero-order valence-corrected chi connectivity index (χ0v) is 13.7. The Bertz CT molecular complexity index is 723. The standard InChI is InChI=1S/C18H17ClN2O2/c1-12(15-6-8-16(19)9-7-15)21-18(22)13(2)23-17-5-3-4-14(10-17)11-20/h3-10,12-13H,1-2H3,(H,21,22). The number of ether oxygens (including phenoxy) is 1. The highest BCUT2D eigenvalue weighted by molar-refractivity contribution is 6.30. The quantitative estimate of drug-likeness (QED) is 0.906. The molecular weight excluding hydrogens is 312 g/mol. The Morgan fingerprint density at radius 1 is 1.22 bits per heavy atom. The lowest BCUT2D eigenvalue weighted by Gasteiger charge is -2.19. The Hall–Kier alpha value is -2.51. The third kappa shape index (κ3) is 4.73. The molecule has 0 aliphatic rings. The summed E-state index contributed by atoms with van der Waals surface area (Å²) >= 11 is 5.86. The van der Waals surface area contributed by atoms with Crippen LogP contribution in [0.5, 0.6) is 5.75 Å². The number of carbonyl (C=O) groups is 1. The van der Waals surface area contributed by atoms with E-state index in [-0.39, 0.29) is 11.9 Å². The van der Waals surface area contributed by atoms with Gasteiger partial charge in [-0.3, -0.25) is 4.79 Å². The van der Waals surface area contributed by atoms with Crippen molar-refractivity contribution in [2.24, 2.45) is 0 Å². The van der Waals surface area contributed by atoms with E-state index in [1.54, 1.807) is 43.3 Å². The van der Waals surface area contributed by atoms with Crippen molar-refractivity contribution in [2.75, 3.05) is 0 Å². The first-order valence-electron chi connectivity index (χ1n) is 7.22. The summed E-state index contributed by atoms with van der Waals surface area (Å²) in [5.41, 5.74) is 1.45. The van der Waals surface area contributed by atoms with Gasteiger partial charge in [0.15, 0.2) is 6.10 Å². The Labute approximate surface area is 140 Å². The minimum atomic E-state index is -0.668. The molecule has 0 heterocycles. The molecule has 0 aliphatic heterocycles. The van der Waals surface area contributed by atoms with Gasteiger partial charge in [-0.05, 0) is 49.7 Å². The van der Waals surface area contributed by atoms with Gasteiger partial charge in [0.1, 0.15) is 5.75 Å². The van der Waals surface area contributed by atoms with Gasteiger partial charge in [0.05, 0.1) is 17.7 Å². The van der Waals surface area contributed by atoms with E-state index in [1.807, 2.05) is 25.1 Å². The van der Waals surface area contributed by atoms with Crippen molar-refractivity contribution in [3.8, 4) is 11.8 Å². The van der Waals surface area contributed by atoms with Crippen molar-refractivity contribution in [2.45, 2.75) is 26.0 Å². The van der Waals surface area contributed by atoms with Crippen LogP contribution in [0, 0.1) is 11.3 Å². The first kappa shape index (κ1) is 16.9. The molecule has 5 heteroatoms. The highest BCUT2D eigenvalue weighted by Crippen LogP contribution is 2.17. The maximum absolute atomic E-state index is 12.2. The lowest BCUT2D eigenvalue weighted by molar-refractivity contribution is -0.127. The number of rotatable bonds is 5. The van der Waals surface area contributed by atoms with Crippen LogP contribution in [0.2, 0.25) is 5.02 Å². The summed E-state index contributed by atoms with van der Waals surface area (Å²) in [7, 11) is 0. The summed E-state index contributed by atoms with van der Waals surface area (Å²) in [6.07, 6.45) is -0.668. The van der Waals surface area contributed by atoms with Gasteiger partial charge in [0.25, 0.3) is 5.91 Å². The number of nitrogens with zero attached hydrogens (tertiary/aromatic N) is 1. The number of nitriles is 1. The van der Waals surface area contributed by atoms with E-state index in [0.717, 1.165) is 5.56 Å². The van der Waals surface area contributed by atoms with E-state index in [2.05, 4.69) is 5.32 Å². The molecule has 0 spiro atoms. The van der Waals surface area contributed by atoms with Gasteiger partial charge in [-0.2, -0.15) is 5.26 Å². The third-order valence-electron chi connectivity index (χ3n) is 3.37. The Kier molecular flexibility index (Phi) is 5.61. The van der Waals surface area contributed by atoms with E-state index in [9.17, 15) is 4.79 Å². The fourth-order valence-electron chi connectivity index (χ4n) is 2.06. The lowest BCUT2D eigenvalue weighted by atomic mass is 10.1. The highest BCUT2D eigenvalue weighted by Gasteiger charge is 2.17. The molecule has 0 saturated carbocycles. The van der Waals surface area contributed by atoms with E-state index >= 15 is 0 Å². The van der Waals surface area contributed by atoms with Gasteiger partial charge in [0, 0.05) is 5.02 Å². The molecule has 118 valence electrons. The average Bonchev–Trinajstić information content (AvgIpc) is 2.55. The first-order valence-corrected chi connectivity index (χ1v) is 7.60. The fourth-order valence-corrected chi connectivity index (χ4v) is 2.19. The van der Waals surface area contributed by atoms with Crippen LogP contribution < -0.4 is 10.1 Å². The molecule has 0 aliphatic carbocycles. The normalized spacial score (nSPS) is 12.8. The molecule has 0 saturated heterocycles. The number of hydrogen-bond acceptors (Lipinski definition) is 3. The van der Waals surface area contributed by atoms with Gasteiger partial charge >= 0.3 is 0 Å². The van der Waals surface area contributed by atoms with Crippen molar-refractivity contribution in [1.29, 1.82) is 5.26 Å². The molecule has 0 bridgehead atoms. The zero-order valence-electron chi connectivity index (χ0n) is 12.9. The Balaban J connectivity index is 1.96. The van der Waals surface area contributed by atoms with E-state index in [0.29, 0.717) is 16.3 Å². The minimum absolute atomic E-state index is 0.156. The molecule has 2 atom stereocenters. The van der Waals surface area contributed by atoms with Crippen LogP contribution in [-0.2, 0) is 4.79 Å². The van der Waals surface area contributed by atoms with Crippen LogP contribution in [-0.4, -0.2) is 12.0 Å². The van der Waals surface area contributed by atoms with E-state index in [1.165, 1.54) is 0 Å². The maximum atomic E-state index is 12.2. The summed E-state index contributed by atoms with van der Waals surface area (Å²) in [4.78, 5) is 12.2. The molecule has 1 amide bonds. The number of amides is 1. The van der Waals surface area contributed by atoms with Gasteiger partial charge in [-0.1, -0.05) is 29.8 Å². The van der Waals surface area contributed by atoms with Gasteiger partial charge in [-0.15, -0.1) is 0 Å². The second kappa shape index (κ2) is 7.66. The molecular formula is C18H17ClN2O2. The molecule has 2 aromatic carbocycles. The second-order valence-electron chi connectivity index (χ2n) is 5.18. The summed E-state index contributed by atoms with van der Waals surface area (Å²) in [5, 5.41) is 12.4. The topological polar surface area (TPSA) is 62.1 Å². The monoisotopic (exact) mass is 328 g/mol. The molecule has 2 rings (SSSR count). The lowest BCUT2D eigenvalue weighted by Crippen LogP contribution is -2.37. The summed E-state index contributed by atoms with van der Waals surface area (Å²) < 4.78 is 5.59. The third-order valence-corrected chi connectivity index (χ3v) is 3.63. The van der Waals surface area contributed by atoms with Gasteiger partial charge in [0.2, 0.25) is 0 Å². The number of carbonyl (C=O) groups excluding carboxylic acids is 1. The molecule has 0 aromatic heterocycles. The van der Waals surface area contributed by atoms with Crippen LogP contribution in [0.15, 0.2) is 48.5 Å². The smallest absolute Gasteiger partial charge is 0.261 e. The largest absolute Gasteiger partial charge is 0.481 e. The Morgan fingerprint density at radius 2 is 1.91 bits per heavy atom. The molecule has 2 unspecified atom stereocenters. The number of benzene rings is 2. The van der Waals surface area contributed by atoms with Crippen LogP contribution in [0.4, 0.5) is 0 Å². The number of nitrogens with one attached hydrogen (secondary N) is 1. The number of halogens is 1. The van der Waals surface area contributed by atoms with E-state index < -0.39 is 6.10 Å². The molecule has 4 nitrogen and oxygen atoms in total. The second-order valence-corrected chi connectivity index (χ2v) is 5.62. The SMILES string of the molecule is CC(Oc1cccc(C#N)c1)C(=O)NC(C)c1ccc(Cl)cc1.